The van der Waals surface area contributed by atoms with Crippen molar-refractivity contribution in [2.24, 2.45) is 0 Å². The first-order valence-corrected chi connectivity index (χ1v) is 5.32. The van der Waals surface area contributed by atoms with E-state index < -0.39 is 0 Å². The molecule has 2 nitrogen and oxygen atoms in total. The van der Waals surface area contributed by atoms with Gasteiger partial charge in [-0.2, -0.15) is 0 Å². The summed E-state index contributed by atoms with van der Waals surface area (Å²) in [5.41, 5.74) is -0.350. The summed E-state index contributed by atoms with van der Waals surface area (Å²) in [6, 6.07) is 0. The first kappa shape index (κ1) is 11.1. The molecule has 0 aromatic rings. The minimum Gasteiger partial charge on any atom is -0.458 e. The Morgan fingerprint density at radius 2 is 1.93 bits per heavy atom. The normalized spacial score (nSPS) is 20.6. The minimum atomic E-state index is -0.350. The Labute approximate surface area is 86.0 Å². The van der Waals surface area contributed by atoms with Crippen LogP contribution >= 0.6 is 0 Å². The average molecular weight is 194 g/mol. The Morgan fingerprint density at radius 3 is 2.36 bits per heavy atom. The van der Waals surface area contributed by atoms with Crippen LogP contribution in [0.5, 0.6) is 0 Å². The van der Waals surface area contributed by atoms with Crippen molar-refractivity contribution in [3.05, 3.63) is 0 Å². The Kier molecular flexibility index (Phi) is 4.00. The number of carbonyl (C=O) groups is 1. The smallest absolute Gasteiger partial charge is 0.303 e. The van der Waals surface area contributed by atoms with Gasteiger partial charge < -0.3 is 4.74 Å². The van der Waals surface area contributed by atoms with Crippen LogP contribution in [0.4, 0.5) is 0 Å². The van der Waals surface area contributed by atoms with Crippen molar-refractivity contribution in [3.8, 4) is 12.3 Å². The number of ether oxygens (including phenoxy) is 1. The Balaban J connectivity index is 2.67. The van der Waals surface area contributed by atoms with Gasteiger partial charge in [-0.05, 0) is 25.7 Å². The van der Waals surface area contributed by atoms with E-state index in [0.717, 1.165) is 25.7 Å². The van der Waals surface area contributed by atoms with Gasteiger partial charge in [0.15, 0.2) is 0 Å². The van der Waals surface area contributed by atoms with Gasteiger partial charge in [-0.25, -0.2) is 0 Å². The summed E-state index contributed by atoms with van der Waals surface area (Å²) < 4.78 is 5.42. The van der Waals surface area contributed by atoms with Gasteiger partial charge >= 0.3 is 5.97 Å². The molecule has 0 atom stereocenters. The highest BCUT2D eigenvalue weighted by Crippen LogP contribution is 2.33. The van der Waals surface area contributed by atoms with E-state index in [4.69, 9.17) is 11.2 Å². The molecule has 78 valence electrons. The van der Waals surface area contributed by atoms with E-state index in [0.29, 0.717) is 6.42 Å². The van der Waals surface area contributed by atoms with Crippen LogP contribution in [0.2, 0.25) is 0 Å². The summed E-state index contributed by atoms with van der Waals surface area (Å²) in [4.78, 5) is 11.0. The molecule has 0 bridgehead atoms. The molecule has 0 unspecified atom stereocenters. The highest BCUT2D eigenvalue weighted by Gasteiger charge is 2.33. The highest BCUT2D eigenvalue weighted by atomic mass is 16.6. The van der Waals surface area contributed by atoms with Crippen LogP contribution in [0.15, 0.2) is 0 Å². The SMILES string of the molecule is C#CCC1(OC(C)=O)CCCCCC1. The molecule has 0 radical (unpaired) electrons. The van der Waals surface area contributed by atoms with Gasteiger partial charge in [0, 0.05) is 13.3 Å². The minimum absolute atomic E-state index is 0.206. The zero-order valence-corrected chi connectivity index (χ0v) is 8.84. The van der Waals surface area contributed by atoms with Gasteiger partial charge in [0.25, 0.3) is 0 Å². The van der Waals surface area contributed by atoms with Gasteiger partial charge in [0.05, 0.1) is 0 Å². The molecule has 14 heavy (non-hydrogen) atoms. The lowest BCUT2D eigenvalue weighted by Crippen LogP contribution is -2.33. The molecular formula is C12H18O2. The van der Waals surface area contributed by atoms with Crippen molar-refractivity contribution in [3.63, 3.8) is 0 Å². The van der Waals surface area contributed by atoms with Crippen molar-refractivity contribution >= 4 is 5.97 Å². The number of esters is 1. The van der Waals surface area contributed by atoms with E-state index in [1.165, 1.54) is 19.8 Å². The highest BCUT2D eigenvalue weighted by molar-refractivity contribution is 5.66. The number of hydrogen-bond donors (Lipinski definition) is 0. The molecule has 1 aliphatic rings. The third kappa shape index (κ3) is 3.06. The van der Waals surface area contributed by atoms with E-state index >= 15 is 0 Å². The molecular weight excluding hydrogens is 176 g/mol. The summed E-state index contributed by atoms with van der Waals surface area (Å²) in [6.07, 6.45) is 12.4. The number of carbonyl (C=O) groups excluding carboxylic acids is 1. The Morgan fingerprint density at radius 1 is 1.36 bits per heavy atom. The van der Waals surface area contributed by atoms with Gasteiger partial charge in [0.1, 0.15) is 5.60 Å². The summed E-state index contributed by atoms with van der Waals surface area (Å²) in [7, 11) is 0. The van der Waals surface area contributed by atoms with Crippen LogP contribution in [0.3, 0.4) is 0 Å². The predicted molar refractivity (Wildman–Crippen MR) is 55.6 cm³/mol. The zero-order valence-electron chi connectivity index (χ0n) is 8.84. The van der Waals surface area contributed by atoms with Gasteiger partial charge in [0.2, 0.25) is 0 Å². The first-order chi connectivity index (χ1) is 6.68. The standard InChI is InChI=1S/C12H18O2/c1-3-8-12(14-11(2)13)9-6-4-5-7-10-12/h1H,4-10H2,2H3. The van der Waals surface area contributed by atoms with E-state index in [2.05, 4.69) is 5.92 Å². The number of hydrogen-bond acceptors (Lipinski definition) is 2. The number of rotatable bonds is 2. The van der Waals surface area contributed by atoms with Crippen LogP contribution in [0.1, 0.15) is 51.9 Å². The maximum atomic E-state index is 11.0. The molecule has 0 aromatic heterocycles. The lowest BCUT2D eigenvalue weighted by Gasteiger charge is -2.30. The van der Waals surface area contributed by atoms with Gasteiger partial charge in [-0.3, -0.25) is 4.79 Å². The predicted octanol–water partition coefficient (Wildman–Crippen LogP) is 2.67. The third-order valence-corrected chi connectivity index (χ3v) is 2.80. The zero-order chi connectivity index (χ0) is 10.4. The molecule has 0 N–H and O–H groups in total. The fourth-order valence-electron chi connectivity index (χ4n) is 2.18. The van der Waals surface area contributed by atoms with Gasteiger partial charge in [-0.15, -0.1) is 12.3 Å². The summed E-state index contributed by atoms with van der Waals surface area (Å²) in [5.74, 6) is 2.43. The molecule has 1 aliphatic carbocycles. The molecule has 0 spiro atoms. The van der Waals surface area contributed by atoms with Gasteiger partial charge in [-0.1, -0.05) is 12.8 Å². The van der Waals surface area contributed by atoms with E-state index in [-0.39, 0.29) is 11.6 Å². The summed E-state index contributed by atoms with van der Waals surface area (Å²) in [5, 5.41) is 0. The Bertz CT molecular complexity index is 229. The quantitative estimate of drug-likeness (QED) is 0.384. The largest absolute Gasteiger partial charge is 0.458 e. The third-order valence-electron chi connectivity index (χ3n) is 2.80. The molecule has 0 amide bonds. The molecule has 0 aromatic carbocycles. The molecule has 0 heterocycles. The first-order valence-electron chi connectivity index (χ1n) is 5.32. The van der Waals surface area contributed by atoms with Crippen molar-refractivity contribution in [1.29, 1.82) is 0 Å². The Hall–Kier alpha value is -0.970. The lowest BCUT2D eigenvalue weighted by atomic mass is 9.91. The van der Waals surface area contributed by atoms with E-state index in [9.17, 15) is 4.79 Å². The van der Waals surface area contributed by atoms with Crippen molar-refractivity contribution in [2.45, 2.75) is 57.5 Å². The maximum Gasteiger partial charge on any atom is 0.303 e. The molecule has 1 fully saturated rings. The topological polar surface area (TPSA) is 26.3 Å². The maximum absolute atomic E-state index is 11.0. The monoisotopic (exact) mass is 194 g/mol. The van der Waals surface area contributed by atoms with Crippen molar-refractivity contribution in [1.82, 2.24) is 0 Å². The molecule has 1 saturated carbocycles. The second kappa shape index (κ2) is 5.05. The lowest BCUT2D eigenvalue weighted by molar-refractivity contribution is -0.158. The molecule has 1 rings (SSSR count). The second-order valence-corrected chi connectivity index (χ2v) is 4.07. The second-order valence-electron chi connectivity index (χ2n) is 4.07. The molecule has 0 saturated heterocycles. The van der Waals surface area contributed by atoms with Crippen LogP contribution in [0.25, 0.3) is 0 Å². The summed E-state index contributed by atoms with van der Waals surface area (Å²) in [6.45, 7) is 1.46. The van der Waals surface area contributed by atoms with Crippen LogP contribution in [-0.4, -0.2) is 11.6 Å². The van der Waals surface area contributed by atoms with Crippen molar-refractivity contribution < 1.29 is 9.53 Å². The fraction of sp³-hybridized carbons (Fsp3) is 0.750. The van der Waals surface area contributed by atoms with E-state index in [1.54, 1.807) is 0 Å². The number of terminal acetylenes is 1. The average Bonchev–Trinajstić information content (AvgIpc) is 2.30. The van der Waals surface area contributed by atoms with E-state index in [1.807, 2.05) is 0 Å². The van der Waals surface area contributed by atoms with Crippen LogP contribution < -0.4 is 0 Å². The summed E-state index contributed by atoms with van der Waals surface area (Å²) >= 11 is 0. The molecule has 2 heteroatoms. The van der Waals surface area contributed by atoms with Crippen LogP contribution in [0, 0.1) is 12.3 Å². The van der Waals surface area contributed by atoms with Crippen LogP contribution in [-0.2, 0) is 9.53 Å². The fourth-order valence-corrected chi connectivity index (χ4v) is 2.18. The van der Waals surface area contributed by atoms with Crippen molar-refractivity contribution in [2.75, 3.05) is 0 Å². The molecule has 0 aliphatic heterocycles.